The molecule has 0 aromatic rings. The molecule has 14 heteroatoms. The van der Waals surface area contributed by atoms with E-state index in [1.54, 1.807) is 0 Å². The van der Waals surface area contributed by atoms with Crippen LogP contribution in [-0.4, -0.2) is 82.5 Å². The lowest BCUT2D eigenvalue weighted by molar-refractivity contribution is -0.141. The monoisotopic (exact) mass is 438 g/mol. The lowest BCUT2D eigenvalue weighted by atomic mass is 10.2. The van der Waals surface area contributed by atoms with E-state index in [2.05, 4.69) is 46.5 Å². The second-order valence-electron chi connectivity index (χ2n) is 5.33. The standard InChI is InChI=1S/C14H22N4O8S2/c19-9(1-2-12(22)23)15-3-10(20)16-4-11(21)17-7(5-27)13(24)18-8(6-28)14(25)26/h7-8,27-28H,1-6H2,(H,15,19)(H,16,20)(H,17,21)(H,18,24)(H,22,23)(H,25,26). The number of hydrogen-bond donors (Lipinski definition) is 8. The number of carbonyl (C=O) groups is 6. The van der Waals surface area contributed by atoms with Gasteiger partial charge < -0.3 is 31.5 Å². The zero-order valence-electron chi connectivity index (χ0n) is 14.6. The van der Waals surface area contributed by atoms with Crippen LogP contribution in [0.2, 0.25) is 0 Å². The summed E-state index contributed by atoms with van der Waals surface area (Å²) >= 11 is 7.72. The van der Waals surface area contributed by atoms with E-state index >= 15 is 0 Å². The third-order valence-corrected chi connectivity index (χ3v) is 3.82. The molecule has 0 saturated carbocycles. The van der Waals surface area contributed by atoms with E-state index in [-0.39, 0.29) is 24.3 Å². The molecular formula is C14H22N4O8S2. The highest BCUT2D eigenvalue weighted by Gasteiger charge is 2.24. The number of nitrogens with one attached hydrogen (secondary N) is 4. The van der Waals surface area contributed by atoms with E-state index in [1.807, 2.05) is 0 Å². The first-order valence-corrected chi connectivity index (χ1v) is 9.16. The molecule has 0 aromatic heterocycles. The molecule has 0 aliphatic carbocycles. The highest BCUT2D eigenvalue weighted by Crippen LogP contribution is 1.94. The van der Waals surface area contributed by atoms with Crippen LogP contribution < -0.4 is 21.3 Å². The number of thiol groups is 2. The summed E-state index contributed by atoms with van der Waals surface area (Å²) in [5, 5.41) is 26.2. The molecule has 0 aliphatic heterocycles. The first-order valence-electron chi connectivity index (χ1n) is 7.90. The van der Waals surface area contributed by atoms with Crippen LogP contribution in [0.1, 0.15) is 12.8 Å². The van der Waals surface area contributed by atoms with Crippen molar-refractivity contribution in [2.75, 3.05) is 24.6 Å². The molecule has 0 spiro atoms. The Kier molecular flexibility index (Phi) is 12.4. The van der Waals surface area contributed by atoms with Gasteiger partial charge in [-0.15, -0.1) is 0 Å². The Hall–Kier alpha value is -2.48. The summed E-state index contributed by atoms with van der Waals surface area (Å²) < 4.78 is 0. The number of amides is 4. The lowest BCUT2D eigenvalue weighted by Gasteiger charge is -2.19. The quantitative estimate of drug-likeness (QED) is 0.139. The van der Waals surface area contributed by atoms with Crippen LogP contribution in [0.4, 0.5) is 0 Å². The Morgan fingerprint density at radius 2 is 1.25 bits per heavy atom. The maximum atomic E-state index is 12.0. The van der Waals surface area contributed by atoms with Crippen molar-refractivity contribution in [3.05, 3.63) is 0 Å². The van der Waals surface area contributed by atoms with Gasteiger partial charge in [0.1, 0.15) is 12.1 Å². The molecule has 6 N–H and O–H groups in total. The van der Waals surface area contributed by atoms with Gasteiger partial charge in [0.25, 0.3) is 0 Å². The molecule has 2 atom stereocenters. The molecule has 28 heavy (non-hydrogen) atoms. The topological polar surface area (TPSA) is 191 Å². The molecule has 0 radical (unpaired) electrons. The summed E-state index contributed by atoms with van der Waals surface area (Å²) in [5.74, 6) is -5.56. The zero-order chi connectivity index (χ0) is 21.7. The molecule has 0 saturated heterocycles. The van der Waals surface area contributed by atoms with Crippen LogP contribution in [0.5, 0.6) is 0 Å². The van der Waals surface area contributed by atoms with E-state index in [9.17, 15) is 28.8 Å². The molecule has 12 nitrogen and oxygen atoms in total. The SMILES string of the molecule is O=C(O)CCC(=O)NCC(=O)NCC(=O)NC(CS)C(=O)NC(CS)C(=O)O. The van der Waals surface area contributed by atoms with Crippen molar-refractivity contribution < 1.29 is 39.0 Å². The number of aliphatic carboxylic acids is 2. The van der Waals surface area contributed by atoms with Gasteiger partial charge in [0.05, 0.1) is 19.5 Å². The van der Waals surface area contributed by atoms with Crippen LogP contribution in [-0.2, 0) is 28.8 Å². The maximum Gasteiger partial charge on any atom is 0.327 e. The molecule has 0 fully saturated rings. The molecular weight excluding hydrogens is 416 g/mol. The fourth-order valence-electron chi connectivity index (χ4n) is 1.63. The predicted molar refractivity (Wildman–Crippen MR) is 102 cm³/mol. The Morgan fingerprint density at radius 1 is 0.714 bits per heavy atom. The third kappa shape index (κ3) is 11.3. The number of carbonyl (C=O) groups excluding carboxylic acids is 4. The number of carboxylic acids is 2. The molecule has 0 heterocycles. The van der Waals surface area contributed by atoms with Crippen molar-refractivity contribution in [3.63, 3.8) is 0 Å². The van der Waals surface area contributed by atoms with Crippen LogP contribution >= 0.6 is 25.3 Å². The highest BCUT2D eigenvalue weighted by molar-refractivity contribution is 7.80. The van der Waals surface area contributed by atoms with E-state index in [4.69, 9.17) is 10.2 Å². The van der Waals surface area contributed by atoms with Gasteiger partial charge in [-0.05, 0) is 0 Å². The number of carboxylic acid groups (broad SMARTS) is 2. The maximum absolute atomic E-state index is 12.0. The fraction of sp³-hybridized carbons (Fsp3) is 0.571. The van der Waals surface area contributed by atoms with Crippen molar-refractivity contribution in [1.82, 2.24) is 21.3 Å². The van der Waals surface area contributed by atoms with Gasteiger partial charge in [-0.3, -0.25) is 24.0 Å². The van der Waals surface area contributed by atoms with Crippen LogP contribution in [0.3, 0.4) is 0 Å². The van der Waals surface area contributed by atoms with E-state index in [0.717, 1.165) is 0 Å². The molecule has 0 bridgehead atoms. The van der Waals surface area contributed by atoms with Crippen molar-refractivity contribution in [3.8, 4) is 0 Å². The largest absolute Gasteiger partial charge is 0.481 e. The smallest absolute Gasteiger partial charge is 0.327 e. The van der Waals surface area contributed by atoms with E-state index in [1.165, 1.54) is 0 Å². The number of rotatable bonds is 13. The van der Waals surface area contributed by atoms with Gasteiger partial charge in [0.15, 0.2) is 0 Å². The molecule has 0 aliphatic rings. The van der Waals surface area contributed by atoms with E-state index < -0.39 is 60.7 Å². The minimum atomic E-state index is -1.29. The normalized spacial score (nSPS) is 12.2. The Morgan fingerprint density at radius 3 is 1.75 bits per heavy atom. The minimum absolute atomic E-state index is 0.121. The highest BCUT2D eigenvalue weighted by atomic mass is 32.1. The van der Waals surface area contributed by atoms with Gasteiger partial charge in [-0.2, -0.15) is 25.3 Å². The summed E-state index contributed by atoms with van der Waals surface area (Å²) in [4.78, 5) is 67.8. The fourth-order valence-corrected chi connectivity index (χ4v) is 2.13. The zero-order valence-corrected chi connectivity index (χ0v) is 16.4. The number of hydrogen-bond acceptors (Lipinski definition) is 8. The van der Waals surface area contributed by atoms with Crippen LogP contribution in [0, 0.1) is 0 Å². The second-order valence-corrected chi connectivity index (χ2v) is 6.06. The van der Waals surface area contributed by atoms with Crippen LogP contribution in [0.15, 0.2) is 0 Å². The first-order chi connectivity index (χ1) is 13.1. The van der Waals surface area contributed by atoms with Crippen molar-refractivity contribution >= 4 is 60.8 Å². The second kappa shape index (κ2) is 13.7. The Labute approximate surface area is 171 Å². The van der Waals surface area contributed by atoms with E-state index in [0.29, 0.717) is 0 Å². The molecule has 2 unspecified atom stereocenters. The van der Waals surface area contributed by atoms with Gasteiger partial charge >= 0.3 is 11.9 Å². The van der Waals surface area contributed by atoms with Crippen molar-refractivity contribution in [2.24, 2.45) is 0 Å². The summed E-state index contributed by atoms with van der Waals surface area (Å²) in [6.45, 7) is -0.958. The average molecular weight is 438 g/mol. The summed E-state index contributed by atoms with van der Waals surface area (Å²) in [5.41, 5.74) is 0. The molecule has 158 valence electrons. The first kappa shape index (κ1) is 25.5. The van der Waals surface area contributed by atoms with Gasteiger partial charge in [0, 0.05) is 17.9 Å². The molecule has 0 aromatic carbocycles. The van der Waals surface area contributed by atoms with Crippen molar-refractivity contribution in [1.29, 1.82) is 0 Å². The molecule has 4 amide bonds. The summed E-state index contributed by atoms with van der Waals surface area (Å²) in [6, 6.07) is -2.37. The van der Waals surface area contributed by atoms with Gasteiger partial charge in [-0.1, -0.05) is 0 Å². The summed E-state index contributed by atoms with van der Waals surface area (Å²) in [6.07, 6.45) is -0.662. The third-order valence-electron chi connectivity index (χ3n) is 3.09. The van der Waals surface area contributed by atoms with Crippen LogP contribution in [0.25, 0.3) is 0 Å². The van der Waals surface area contributed by atoms with Gasteiger partial charge in [0.2, 0.25) is 23.6 Å². The summed E-state index contributed by atoms with van der Waals surface area (Å²) in [7, 11) is 0. The minimum Gasteiger partial charge on any atom is -0.481 e. The molecule has 0 rings (SSSR count). The van der Waals surface area contributed by atoms with Gasteiger partial charge in [-0.25, -0.2) is 4.79 Å². The lowest BCUT2D eigenvalue weighted by Crippen LogP contribution is -2.54. The predicted octanol–water partition coefficient (Wildman–Crippen LogP) is -3.00. The average Bonchev–Trinajstić information content (AvgIpc) is 2.64. The Bertz CT molecular complexity index is 616. The Balaban J connectivity index is 4.30. The van der Waals surface area contributed by atoms with Crippen molar-refractivity contribution in [2.45, 2.75) is 24.9 Å².